The monoisotopic (exact) mass is 526 g/mol. The van der Waals surface area contributed by atoms with Crippen LogP contribution >= 0.6 is 0 Å². The van der Waals surface area contributed by atoms with E-state index in [1.54, 1.807) is 24.3 Å². The minimum absolute atomic E-state index is 0.188. The Kier molecular flexibility index (Phi) is 6.85. The second kappa shape index (κ2) is 10.5. The van der Waals surface area contributed by atoms with Gasteiger partial charge in [0, 0.05) is 39.8 Å². The van der Waals surface area contributed by atoms with Crippen molar-refractivity contribution in [2.75, 3.05) is 4.90 Å². The van der Waals surface area contributed by atoms with Crippen molar-refractivity contribution in [2.24, 2.45) is 5.92 Å². The number of hydrogen-bond acceptors (Lipinski definition) is 4. The minimum atomic E-state index is -0.419. The predicted molar refractivity (Wildman–Crippen MR) is 152 cm³/mol. The van der Waals surface area contributed by atoms with Crippen molar-refractivity contribution in [1.29, 1.82) is 0 Å². The van der Waals surface area contributed by atoms with Gasteiger partial charge in [-0.2, -0.15) is 5.10 Å². The number of nitrogens with zero attached hydrogens (tertiary/aromatic N) is 2. The predicted octanol–water partition coefficient (Wildman–Crippen LogP) is 6.38. The van der Waals surface area contributed by atoms with Crippen LogP contribution in [0.5, 0.6) is 0 Å². The highest BCUT2D eigenvalue weighted by Crippen LogP contribution is 2.40. The standard InChI is InChI=1S/C32H35FN4O2/c1-19(2)15-30(26-5-3-4-6-28(26)33)34-32(39)21-9-14-29-27(16-21)31(36-35-29)20-7-10-22(11-8-20)37-23-12-13-24(37)18-25(38)17-23/h3-11,14,16,19,23-25,30,38H,12-13,15,17-18H2,1-2H3,(H,34,39)(H,35,36)/t23-,24+,25?,30-/m0/s1. The molecule has 0 saturated carbocycles. The van der Waals surface area contributed by atoms with Crippen LogP contribution in [0.1, 0.15) is 67.9 Å². The number of piperidine rings is 1. The number of anilines is 1. The maximum atomic E-state index is 14.6. The number of aromatic amines is 1. The van der Waals surface area contributed by atoms with Crippen molar-refractivity contribution in [3.05, 3.63) is 83.7 Å². The van der Waals surface area contributed by atoms with Crippen molar-refractivity contribution in [2.45, 2.75) is 70.2 Å². The molecule has 1 unspecified atom stereocenters. The fraction of sp³-hybridized carbons (Fsp3) is 0.375. The van der Waals surface area contributed by atoms with Crippen molar-refractivity contribution in [1.82, 2.24) is 15.5 Å². The van der Waals surface area contributed by atoms with Gasteiger partial charge in [-0.3, -0.25) is 9.89 Å². The molecule has 6 rings (SSSR count). The molecule has 7 heteroatoms. The molecule has 0 spiro atoms. The van der Waals surface area contributed by atoms with E-state index >= 15 is 0 Å². The largest absolute Gasteiger partial charge is 0.393 e. The molecule has 3 aromatic carbocycles. The Morgan fingerprint density at radius 3 is 2.49 bits per heavy atom. The quantitative estimate of drug-likeness (QED) is 0.261. The molecule has 39 heavy (non-hydrogen) atoms. The summed E-state index contributed by atoms with van der Waals surface area (Å²) in [4.78, 5) is 15.8. The third-order valence-electron chi connectivity index (χ3n) is 8.27. The number of nitrogens with one attached hydrogen (secondary N) is 2. The highest BCUT2D eigenvalue weighted by molar-refractivity contribution is 6.01. The maximum absolute atomic E-state index is 14.6. The van der Waals surface area contributed by atoms with Gasteiger partial charge in [0.15, 0.2) is 0 Å². The molecule has 2 fully saturated rings. The fourth-order valence-corrected chi connectivity index (χ4v) is 6.47. The number of H-pyrrole nitrogens is 1. The van der Waals surface area contributed by atoms with Crippen LogP contribution in [0.2, 0.25) is 0 Å². The summed E-state index contributed by atoms with van der Waals surface area (Å²) < 4.78 is 14.6. The second-order valence-corrected chi connectivity index (χ2v) is 11.5. The van der Waals surface area contributed by atoms with Gasteiger partial charge in [0.1, 0.15) is 5.82 Å². The Labute approximate surface area is 228 Å². The lowest BCUT2D eigenvalue weighted by atomic mass is 9.96. The molecular weight excluding hydrogens is 491 g/mol. The van der Waals surface area contributed by atoms with E-state index in [0.717, 1.165) is 47.8 Å². The Morgan fingerprint density at radius 2 is 1.79 bits per heavy atom. The van der Waals surface area contributed by atoms with Gasteiger partial charge in [0.25, 0.3) is 5.91 Å². The summed E-state index contributed by atoms with van der Waals surface area (Å²) >= 11 is 0. The summed E-state index contributed by atoms with van der Waals surface area (Å²) in [5.41, 5.74) is 4.80. The molecule has 4 aromatic rings. The minimum Gasteiger partial charge on any atom is -0.393 e. The summed E-state index contributed by atoms with van der Waals surface area (Å²) in [5.74, 6) is -0.268. The summed E-state index contributed by atoms with van der Waals surface area (Å²) in [7, 11) is 0. The van der Waals surface area contributed by atoms with Crippen LogP contribution in [-0.2, 0) is 0 Å². The number of fused-ring (bicyclic) bond motifs is 3. The van der Waals surface area contributed by atoms with E-state index in [1.807, 2.05) is 12.1 Å². The number of aromatic nitrogens is 2. The summed E-state index contributed by atoms with van der Waals surface area (Å²) in [6.07, 6.45) is 4.38. The molecule has 3 N–H and O–H groups in total. The van der Waals surface area contributed by atoms with Crippen LogP contribution in [0, 0.1) is 11.7 Å². The van der Waals surface area contributed by atoms with Crippen molar-refractivity contribution < 1.29 is 14.3 Å². The molecule has 1 aromatic heterocycles. The maximum Gasteiger partial charge on any atom is 0.251 e. The van der Waals surface area contributed by atoms with Crippen molar-refractivity contribution in [3.8, 4) is 11.3 Å². The van der Waals surface area contributed by atoms with Crippen molar-refractivity contribution in [3.63, 3.8) is 0 Å². The summed E-state index contributed by atoms with van der Waals surface area (Å²) in [6.45, 7) is 4.13. The molecule has 3 heterocycles. The first-order valence-electron chi connectivity index (χ1n) is 14.0. The number of benzene rings is 3. The van der Waals surface area contributed by atoms with Crippen LogP contribution in [0.4, 0.5) is 10.1 Å². The molecule has 202 valence electrons. The average molecular weight is 527 g/mol. The molecule has 2 aliphatic heterocycles. The molecule has 0 aliphatic carbocycles. The second-order valence-electron chi connectivity index (χ2n) is 11.5. The zero-order valence-corrected chi connectivity index (χ0v) is 22.4. The van der Waals surface area contributed by atoms with Crippen LogP contribution < -0.4 is 10.2 Å². The lowest BCUT2D eigenvalue weighted by Gasteiger charge is -2.39. The van der Waals surface area contributed by atoms with E-state index < -0.39 is 6.04 Å². The zero-order valence-electron chi connectivity index (χ0n) is 22.4. The first kappa shape index (κ1) is 25.6. The topological polar surface area (TPSA) is 81.2 Å². The Hall–Kier alpha value is -3.71. The number of halogens is 1. The first-order valence-corrected chi connectivity index (χ1v) is 14.0. The fourth-order valence-electron chi connectivity index (χ4n) is 6.47. The highest BCUT2D eigenvalue weighted by atomic mass is 19.1. The van der Waals surface area contributed by atoms with E-state index in [4.69, 9.17) is 0 Å². The number of carbonyl (C=O) groups excluding carboxylic acids is 1. The lowest BCUT2D eigenvalue weighted by Crippen LogP contribution is -2.44. The normalized spacial score (nSPS) is 21.5. The summed E-state index contributed by atoms with van der Waals surface area (Å²) in [6, 6.07) is 21.0. The van der Waals surface area contributed by atoms with Crippen LogP contribution in [0.25, 0.3) is 22.2 Å². The number of amides is 1. The zero-order chi connectivity index (χ0) is 27.1. The average Bonchev–Trinajstić information content (AvgIpc) is 3.46. The summed E-state index contributed by atoms with van der Waals surface area (Å²) in [5, 5.41) is 21.7. The highest BCUT2D eigenvalue weighted by Gasteiger charge is 2.40. The molecule has 2 aliphatic rings. The van der Waals surface area contributed by atoms with Crippen molar-refractivity contribution >= 4 is 22.5 Å². The number of aliphatic hydroxyl groups is 1. The van der Waals surface area contributed by atoms with E-state index in [0.29, 0.717) is 29.6 Å². The van der Waals surface area contributed by atoms with Gasteiger partial charge >= 0.3 is 0 Å². The molecular formula is C32H35FN4O2. The molecule has 2 bridgehead atoms. The van der Waals surface area contributed by atoms with Gasteiger partial charge < -0.3 is 15.3 Å². The van der Waals surface area contributed by atoms with E-state index in [9.17, 15) is 14.3 Å². The number of aliphatic hydroxyl groups excluding tert-OH is 1. The van der Waals surface area contributed by atoms with E-state index in [2.05, 4.69) is 58.5 Å². The molecule has 1 amide bonds. The third-order valence-corrected chi connectivity index (χ3v) is 8.27. The first-order chi connectivity index (χ1) is 18.9. The number of rotatable bonds is 7. The van der Waals surface area contributed by atoms with Gasteiger partial charge in [-0.25, -0.2) is 4.39 Å². The number of hydrogen-bond donors (Lipinski definition) is 3. The Balaban J connectivity index is 1.25. The smallest absolute Gasteiger partial charge is 0.251 e. The Morgan fingerprint density at radius 1 is 1.08 bits per heavy atom. The van der Waals surface area contributed by atoms with E-state index in [1.165, 1.54) is 11.8 Å². The van der Waals surface area contributed by atoms with Crippen LogP contribution in [0.15, 0.2) is 66.7 Å². The van der Waals surface area contributed by atoms with Crippen LogP contribution in [-0.4, -0.2) is 39.4 Å². The van der Waals surface area contributed by atoms with Gasteiger partial charge in [0.2, 0.25) is 0 Å². The van der Waals surface area contributed by atoms with Crippen LogP contribution in [0.3, 0.4) is 0 Å². The van der Waals surface area contributed by atoms with Gasteiger partial charge in [-0.1, -0.05) is 44.2 Å². The van der Waals surface area contributed by atoms with Gasteiger partial charge in [-0.15, -0.1) is 0 Å². The SMILES string of the molecule is CC(C)C[C@H](NC(=O)c1ccc2[nH]nc(-c3ccc(N4[C@@H]5CC[C@H]4CC(O)C5)cc3)c2c1)c1ccccc1F. The lowest BCUT2D eigenvalue weighted by molar-refractivity contribution is 0.0931. The third kappa shape index (κ3) is 5.03. The number of carbonyl (C=O) groups is 1. The van der Waals surface area contributed by atoms with Gasteiger partial charge in [0.05, 0.1) is 23.4 Å². The molecule has 4 atom stereocenters. The Bertz CT molecular complexity index is 1470. The molecule has 0 radical (unpaired) electrons. The molecule has 2 saturated heterocycles. The molecule has 6 nitrogen and oxygen atoms in total. The van der Waals surface area contributed by atoms with E-state index in [-0.39, 0.29) is 23.7 Å². The van der Waals surface area contributed by atoms with Gasteiger partial charge in [-0.05, 0) is 74.4 Å².